The van der Waals surface area contributed by atoms with Gasteiger partial charge in [-0.05, 0) is 25.2 Å². The van der Waals surface area contributed by atoms with Crippen molar-refractivity contribution in [3.8, 4) is 0 Å². The number of guanidine groups is 1. The number of rotatable bonds is 9. The standard InChI is InChI=1S/C15H33N3O2.HI/c1-13(7-8-15(2,3)4)18-14(16-5)17-9-10-20-12-11-19-6;/h13H,7-12H2,1-6H3,(H2,16,17,18);1H. The van der Waals surface area contributed by atoms with Crippen LogP contribution in [0.1, 0.15) is 40.5 Å². The SMILES string of the molecule is CN=C(NCCOCCOC)NC(C)CCC(C)(C)C.I. The summed E-state index contributed by atoms with van der Waals surface area (Å²) in [6.45, 7) is 11.7. The summed E-state index contributed by atoms with van der Waals surface area (Å²) in [7, 11) is 3.46. The Morgan fingerprint density at radius 2 is 1.86 bits per heavy atom. The van der Waals surface area contributed by atoms with Gasteiger partial charge in [0.25, 0.3) is 0 Å². The Balaban J connectivity index is 0. The van der Waals surface area contributed by atoms with Crippen molar-refractivity contribution in [1.82, 2.24) is 10.6 Å². The highest BCUT2D eigenvalue weighted by Gasteiger charge is 2.13. The third kappa shape index (κ3) is 16.1. The van der Waals surface area contributed by atoms with Gasteiger partial charge in [-0.25, -0.2) is 0 Å². The molecule has 0 aromatic rings. The van der Waals surface area contributed by atoms with E-state index in [1.807, 2.05) is 0 Å². The summed E-state index contributed by atoms with van der Waals surface area (Å²) in [6, 6.07) is 0.412. The molecule has 0 spiro atoms. The van der Waals surface area contributed by atoms with Crippen molar-refractivity contribution in [2.45, 2.75) is 46.6 Å². The van der Waals surface area contributed by atoms with E-state index in [4.69, 9.17) is 9.47 Å². The number of hydrogen-bond donors (Lipinski definition) is 2. The summed E-state index contributed by atoms with van der Waals surface area (Å²) in [5.74, 6) is 0.835. The van der Waals surface area contributed by atoms with Gasteiger partial charge in [0.05, 0.1) is 19.8 Å². The Morgan fingerprint density at radius 1 is 1.19 bits per heavy atom. The van der Waals surface area contributed by atoms with Gasteiger partial charge in [0.15, 0.2) is 5.96 Å². The topological polar surface area (TPSA) is 54.9 Å². The maximum absolute atomic E-state index is 5.40. The van der Waals surface area contributed by atoms with Crippen LogP contribution in [0.3, 0.4) is 0 Å². The molecule has 21 heavy (non-hydrogen) atoms. The van der Waals surface area contributed by atoms with Gasteiger partial charge in [0.2, 0.25) is 0 Å². The largest absolute Gasteiger partial charge is 0.382 e. The lowest BCUT2D eigenvalue weighted by Crippen LogP contribution is -2.43. The molecule has 0 aromatic carbocycles. The number of ether oxygens (including phenoxy) is 2. The van der Waals surface area contributed by atoms with Gasteiger partial charge in [-0.2, -0.15) is 0 Å². The first-order valence-electron chi connectivity index (χ1n) is 7.43. The Kier molecular flexibility index (Phi) is 15.0. The van der Waals surface area contributed by atoms with Crippen LogP contribution in [0.25, 0.3) is 0 Å². The quantitative estimate of drug-likeness (QED) is 0.263. The second kappa shape index (κ2) is 13.6. The van der Waals surface area contributed by atoms with Gasteiger partial charge in [-0.3, -0.25) is 4.99 Å². The molecule has 0 amide bonds. The van der Waals surface area contributed by atoms with Crippen LogP contribution in [0.15, 0.2) is 4.99 Å². The van der Waals surface area contributed by atoms with Crippen molar-refractivity contribution in [3.63, 3.8) is 0 Å². The highest BCUT2D eigenvalue weighted by molar-refractivity contribution is 14.0. The lowest BCUT2D eigenvalue weighted by Gasteiger charge is -2.23. The summed E-state index contributed by atoms with van der Waals surface area (Å²) in [4.78, 5) is 4.22. The number of aliphatic imine (C=N–C) groups is 1. The molecule has 0 aliphatic carbocycles. The van der Waals surface area contributed by atoms with E-state index in [2.05, 4.69) is 43.3 Å². The number of nitrogens with zero attached hydrogens (tertiary/aromatic N) is 1. The fraction of sp³-hybridized carbons (Fsp3) is 0.933. The van der Waals surface area contributed by atoms with Crippen LogP contribution in [-0.4, -0.2) is 52.5 Å². The van der Waals surface area contributed by atoms with Gasteiger partial charge in [0, 0.05) is 26.7 Å². The Bertz CT molecular complexity index is 268. The van der Waals surface area contributed by atoms with E-state index in [1.165, 1.54) is 6.42 Å². The van der Waals surface area contributed by atoms with E-state index >= 15 is 0 Å². The second-order valence-corrected chi connectivity index (χ2v) is 6.25. The predicted molar refractivity (Wildman–Crippen MR) is 101 cm³/mol. The number of hydrogen-bond acceptors (Lipinski definition) is 3. The summed E-state index contributed by atoms with van der Waals surface area (Å²) in [5.41, 5.74) is 0.377. The van der Waals surface area contributed by atoms with Crippen molar-refractivity contribution in [2.75, 3.05) is 40.5 Å². The minimum atomic E-state index is 0. The molecular formula is C15H34IN3O2. The molecule has 0 aliphatic rings. The monoisotopic (exact) mass is 415 g/mol. The molecule has 0 radical (unpaired) electrons. The van der Waals surface area contributed by atoms with Crippen LogP contribution < -0.4 is 10.6 Å². The van der Waals surface area contributed by atoms with Crippen LogP contribution in [0.5, 0.6) is 0 Å². The van der Waals surface area contributed by atoms with Crippen molar-refractivity contribution in [3.05, 3.63) is 0 Å². The van der Waals surface area contributed by atoms with E-state index in [0.29, 0.717) is 31.3 Å². The zero-order valence-electron chi connectivity index (χ0n) is 14.5. The van der Waals surface area contributed by atoms with E-state index in [9.17, 15) is 0 Å². The highest BCUT2D eigenvalue weighted by Crippen LogP contribution is 2.21. The number of halogens is 1. The molecular weight excluding hydrogens is 381 g/mol. The molecule has 0 rings (SSSR count). The molecule has 1 atom stereocenters. The molecule has 0 aliphatic heterocycles. The van der Waals surface area contributed by atoms with Crippen molar-refractivity contribution in [2.24, 2.45) is 10.4 Å². The van der Waals surface area contributed by atoms with Gasteiger partial charge in [0.1, 0.15) is 0 Å². The van der Waals surface area contributed by atoms with E-state index in [-0.39, 0.29) is 24.0 Å². The molecule has 128 valence electrons. The molecule has 5 nitrogen and oxygen atoms in total. The average Bonchev–Trinajstić information content (AvgIpc) is 2.38. The summed E-state index contributed by atoms with van der Waals surface area (Å²) >= 11 is 0. The van der Waals surface area contributed by atoms with Gasteiger partial charge >= 0.3 is 0 Å². The minimum absolute atomic E-state index is 0. The molecule has 0 saturated heterocycles. The fourth-order valence-electron chi connectivity index (χ4n) is 1.64. The molecule has 0 bridgehead atoms. The number of methoxy groups -OCH3 is 1. The van der Waals surface area contributed by atoms with Crippen LogP contribution >= 0.6 is 24.0 Å². The molecule has 0 saturated carbocycles. The molecule has 6 heteroatoms. The van der Waals surface area contributed by atoms with Crippen LogP contribution in [0.4, 0.5) is 0 Å². The van der Waals surface area contributed by atoms with Crippen LogP contribution in [0, 0.1) is 5.41 Å². The summed E-state index contributed by atoms with van der Waals surface area (Å²) < 4.78 is 10.3. The summed E-state index contributed by atoms with van der Waals surface area (Å²) in [5, 5.41) is 6.65. The van der Waals surface area contributed by atoms with Gasteiger partial charge in [-0.1, -0.05) is 20.8 Å². The van der Waals surface area contributed by atoms with Crippen molar-refractivity contribution in [1.29, 1.82) is 0 Å². The molecule has 2 N–H and O–H groups in total. The van der Waals surface area contributed by atoms with Crippen LogP contribution in [0.2, 0.25) is 0 Å². The third-order valence-corrected chi connectivity index (χ3v) is 2.90. The number of nitrogens with one attached hydrogen (secondary N) is 2. The Labute approximate surface area is 147 Å². The maximum atomic E-state index is 5.40. The average molecular weight is 415 g/mol. The Morgan fingerprint density at radius 3 is 2.38 bits per heavy atom. The van der Waals surface area contributed by atoms with Gasteiger partial charge < -0.3 is 20.1 Å². The first-order chi connectivity index (χ1) is 9.39. The molecule has 0 aromatic heterocycles. The zero-order chi connectivity index (χ0) is 15.4. The lowest BCUT2D eigenvalue weighted by atomic mass is 9.89. The smallest absolute Gasteiger partial charge is 0.191 e. The summed E-state index contributed by atoms with van der Waals surface area (Å²) in [6.07, 6.45) is 2.33. The predicted octanol–water partition coefficient (Wildman–Crippen LogP) is 2.65. The minimum Gasteiger partial charge on any atom is -0.382 e. The first-order valence-corrected chi connectivity index (χ1v) is 7.43. The zero-order valence-corrected chi connectivity index (χ0v) is 16.8. The normalized spacial score (nSPS) is 13.5. The fourth-order valence-corrected chi connectivity index (χ4v) is 1.64. The lowest BCUT2D eigenvalue weighted by molar-refractivity contribution is 0.0733. The molecule has 1 unspecified atom stereocenters. The second-order valence-electron chi connectivity index (χ2n) is 6.25. The van der Waals surface area contributed by atoms with Crippen LogP contribution in [-0.2, 0) is 9.47 Å². The Hall–Kier alpha value is -0.0800. The van der Waals surface area contributed by atoms with Crippen molar-refractivity contribution < 1.29 is 9.47 Å². The van der Waals surface area contributed by atoms with E-state index < -0.39 is 0 Å². The maximum Gasteiger partial charge on any atom is 0.191 e. The highest BCUT2D eigenvalue weighted by atomic mass is 127. The van der Waals surface area contributed by atoms with E-state index in [0.717, 1.165) is 18.9 Å². The first kappa shape index (κ1) is 23.2. The molecule has 0 fully saturated rings. The van der Waals surface area contributed by atoms with E-state index in [1.54, 1.807) is 14.2 Å². The van der Waals surface area contributed by atoms with Gasteiger partial charge in [-0.15, -0.1) is 24.0 Å². The third-order valence-electron chi connectivity index (χ3n) is 2.90. The van der Waals surface area contributed by atoms with Crippen molar-refractivity contribution >= 4 is 29.9 Å². The molecule has 0 heterocycles.